The van der Waals surface area contributed by atoms with Crippen LogP contribution in [0.2, 0.25) is 15.1 Å². The smallest absolute Gasteiger partial charge is 0.308 e. The SMILES string of the molecule is O=C(CCn1nc(C(F)(F)F)c(Cl)c1C1CC1)Nc1nn(Cc2ccc(Cl)c(Cl)c2)cc1Br. The van der Waals surface area contributed by atoms with E-state index < -0.39 is 17.8 Å². The van der Waals surface area contributed by atoms with E-state index in [0.717, 1.165) is 18.4 Å². The number of hydrogen-bond acceptors (Lipinski definition) is 3. The van der Waals surface area contributed by atoms with E-state index >= 15 is 0 Å². The number of nitrogens with zero attached hydrogens (tertiary/aromatic N) is 4. The van der Waals surface area contributed by atoms with Gasteiger partial charge in [-0.05, 0) is 46.5 Å². The summed E-state index contributed by atoms with van der Waals surface area (Å²) in [5, 5.41) is 11.1. The molecular weight excluding hydrogens is 570 g/mol. The highest BCUT2D eigenvalue weighted by atomic mass is 79.9. The third-order valence-corrected chi connectivity index (χ3v) is 6.71. The average molecular weight is 586 g/mol. The molecule has 0 radical (unpaired) electrons. The number of benzene rings is 1. The first-order valence-corrected chi connectivity index (χ1v) is 11.8. The molecule has 6 nitrogen and oxygen atoms in total. The Morgan fingerprint density at radius 2 is 1.91 bits per heavy atom. The molecule has 0 atom stereocenters. The maximum Gasteiger partial charge on any atom is 0.436 e. The Kier molecular flexibility index (Phi) is 7.00. The van der Waals surface area contributed by atoms with Crippen molar-refractivity contribution in [2.24, 2.45) is 0 Å². The average Bonchev–Trinajstić information content (AvgIpc) is 3.42. The van der Waals surface area contributed by atoms with E-state index in [4.69, 9.17) is 34.8 Å². The fourth-order valence-electron chi connectivity index (χ4n) is 3.34. The minimum Gasteiger partial charge on any atom is -0.308 e. The number of carbonyl (C=O) groups is 1. The zero-order chi connectivity index (χ0) is 23.9. The van der Waals surface area contributed by atoms with Crippen LogP contribution < -0.4 is 5.32 Å². The van der Waals surface area contributed by atoms with Crippen LogP contribution in [0, 0.1) is 0 Å². The maximum atomic E-state index is 13.2. The number of aryl methyl sites for hydroxylation is 1. The minimum absolute atomic E-state index is 0.0327. The van der Waals surface area contributed by atoms with Gasteiger partial charge in [0.15, 0.2) is 11.5 Å². The number of amides is 1. The van der Waals surface area contributed by atoms with Crippen molar-refractivity contribution < 1.29 is 18.0 Å². The number of rotatable bonds is 7. The summed E-state index contributed by atoms with van der Waals surface area (Å²) in [6, 6.07) is 5.21. The Hall–Kier alpha value is -1.75. The molecule has 1 N–H and O–H groups in total. The summed E-state index contributed by atoms with van der Waals surface area (Å²) in [4.78, 5) is 12.5. The van der Waals surface area contributed by atoms with Gasteiger partial charge in [0, 0.05) is 18.5 Å². The summed E-state index contributed by atoms with van der Waals surface area (Å²) in [6.07, 6.45) is -1.57. The van der Waals surface area contributed by atoms with Crippen molar-refractivity contribution in [1.82, 2.24) is 19.6 Å². The zero-order valence-electron chi connectivity index (χ0n) is 16.8. The van der Waals surface area contributed by atoms with Crippen molar-refractivity contribution in [1.29, 1.82) is 0 Å². The lowest BCUT2D eigenvalue weighted by molar-refractivity contribution is -0.141. The van der Waals surface area contributed by atoms with Crippen molar-refractivity contribution in [2.45, 2.75) is 44.4 Å². The van der Waals surface area contributed by atoms with Crippen LogP contribution in [-0.4, -0.2) is 25.5 Å². The number of hydrogen-bond donors (Lipinski definition) is 1. The molecule has 0 saturated heterocycles. The largest absolute Gasteiger partial charge is 0.436 e. The van der Waals surface area contributed by atoms with E-state index in [0.29, 0.717) is 26.8 Å². The van der Waals surface area contributed by atoms with Gasteiger partial charge in [0.2, 0.25) is 5.91 Å². The lowest BCUT2D eigenvalue weighted by Gasteiger charge is -2.07. The molecule has 0 spiro atoms. The van der Waals surface area contributed by atoms with E-state index in [1.807, 2.05) is 6.07 Å². The van der Waals surface area contributed by atoms with Gasteiger partial charge in [-0.1, -0.05) is 40.9 Å². The van der Waals surface area contributed by atoms with Crippen molar-refractivity contribution in [3.05, 3.63) is 60.9 Å². The number of nitrogens with one attached hydrogen (secondary N) is 1. The van der Waals surface area contributed by atoms with Gasteiger partial charge in [0.1, 0.15) is 0 Å². The van der Waals surface area contributed by atoms with Crippen LogP contribution in [0.3, 0.4) is 0 Å². The first kappa shape index (κ1) is 24.4. The molecule has 3 aromatic rings. The Morgan fingerprint density at radius 1 is 1.18 bits per heavy atom. The molecule has 1 fully saturated rings. The van der Waals surface area contributed by atoms with Crippen molar-refractivity contribution >= 4 is 62.5 Å². The van der Waals surface area contributed by atoms with Crippen LogP contribution in [0.1, 0.15) is 42.1 Å². The van der Waals surface area contributed by atoms with Crippen LogP contribution in [-0.2, 0) is 24.1 Å². The van der Waals surface area contributed by atoms with Gasteiger partial charge in [-0.2, -0.15) is 23.4 Å². The Balaban J connectivity index is 1.41. The molecular formula is C20H16BrCl3F3N5O. The topological polar surface area (TPSA) is 64.7 Å². The monoisotopic (exact) mass is 583 g/mol. The molecule has 1 aromatic carbocycles. The summed E-state index contributed by atoms with van der Waals surface area (Å²) in [6.45, 7) is 0.358. The summed E-state index contributed by atoms with van der Waals surface area (Å²) in [5.74, 6) is -0.190. The van der Waals surface area contributed by atoms with Gasteiger partial charge in [-0.25, -0.2) is 0 Å². The highest BCUT2D eigenvalue weighted by Gasteiger charge is 2.42. The molecule has 0 unspecified atom stereocenters. The van der Waals surface area contributed by atoms with Crippen molar-refractivity contribution in [2.75, 3.05) is 5.32 Å². The second-order valence-corrected chi connectivity index (χ2v) is 9.66. The van der Waals surface area contributed by atoms with E-state index in [1.54, 1.807) is 23.0 Å². The maximum absolute atomic E-state index is 13.2. The number of alkyl halides is 3. The predicted molar refractivity (Wildman–Crippen MR) is 123 cm³/mol. The minimum atomic E-state index is -4.65. The van der Waals surface area contributed by atoms with E-state index in [-0.39, 0.29) is 29.7 Å². The van der Waals surface area contributed by atoms with Crippen molar-refractivity contribution in [3.63, 3.8) is 0 Å². The third-order valence-electron chi connectivity index (χ3n) is 5.02. The molecule has 1 aliphatic carbocycles. The lowest BCUT2D eigenvalue weighted by atomic mass is 10.2. The molecule has 33 heavy (non-hydrogen) atoms. The highest BCUT2D eigenvalue weighted by molar-refractivity contribution is 9.10. The van der Waals surface area contributed by atoms with E-state index in [9.17, 15) is 18.0 Å². The van der Waals surface area contributed by atoms with Gasteiger partial charge in [-0.3, -0.25) is 14.2 Å². The predicted octanol–water partition coefficient (Wildman–Crippen LogP) is 6.78. The van der Waals surface area contributed by atoms with E-state index in [1.165, 1.54) is 4.68 Å². The molecule has 13 heteroatoms. The van der Waals surface area contributed by atoms with Crippen molar-refractivity contribution in [3.8, 4) is 0 Å². The van der Waals surface area contributed by atoms with Gasteiger partial charge in [0.25, 0.3) is 0 Å². The number of halogens is 7. The Morgan fingerprint density at radius 3 is 2.55 bits per heavy atom. The van der Waals surface area contributed by atoms with Gasteiger partial charge in [0.05, 0.1) is 38.3 Å². The summed E-state index contributed by atoms with van der Waals surface area (Å²) in [5.41, 5.74) is 0.0834. The Bertz CT molecular complexity index is 1210. The molecule has 0 bridgehead atoms. The highest BCUT2D eigenvalue weighted by Crippen LogP contribution is 2.46. The van der Waals surface area contributed by atoms with Crippen LogP contribution in [0.5, 0.6) is 0 Å². The molecule has 1 amide bonds. The standard InChI is InChI=1S/C20H16BrCl3F3N5O/c21-12-9-31(8-10-1-4-13(22)14(23)7-10)30-19(12)28-15(33)5-6-32-17(11-2-3-11)16(24)18(29-32)20(25,26)27/h1,4,7,9,11H,2-3,5-6,8H2,(H,28,30,33). The zero-order valence-corrected chi connectivity index (χ0v) is 20.6. The second-order valence-electron chi connectivity index (χ2n) is 7.61. The van der Waals surface area contributed by atoms with E-state index in [2.05, 4.69) is 31.4 Å². The van der Waals surface area contributed by atoms with Crippen LogP contribution in [0.25, 0.3) is 0 Å². The molecule has 176 valence electrons. The lowest BCUT2D eigenvalue weighted by Crippen LogP contribution is -2.17. The second kappa shape index (κ2) is 9.48. The summed E-state index contributed by atoms with van der Waals surface area (Å²) < 4.78 is 42.9. The van der Waals surface area contributed by atoms with Gasteiger partial charge >= 0.3 is 6.18 Å². The summed E-state index contributed by atoms with van der Waals surface area (Å²) in [7, 11) is 0. The number of anilines is 1. The van der Waals surface area contributed by atoms with Gasteiger partial charge in [-0.15, -0.1) is 0 Å². The third kappa shape index (κ3) is 5.67. The fourth-order valence-corrected chi connectivity index (χ4v) is 4.47. The Labute approximate surface area is 210 Å². The molecule has 1 saturated carbocycles. The quantitative estimate of drug-likeness (QED) is 0.333. The van der Waals surface area contributed by atoms with Crippen LogP contribution in [0.4, 0.5) is 19.0 Å². The normalized spacial score (nSPS) is 14.0. The number of aromatic nitrogens is 4. The molecule has 2 heterocycles. The molecule has 0 aliphatic heterocycles. The van der Waals surface area contributed by atoms with Crippen LogP contribution in [0.15, 0.2) is 28.9 Å². The summed E-state index contributed by atoms with van der Waals surface area (Å²) >= 11 is 21.3. The van der Waals surface area contributed by atoms with Crippen LogP contribution >= 0.6 is 50.7 Å². The molecule has 4 rings (SSSR count). The molecule has 1 aliphatic rings. The molecule has 2 aromatic heterocycles. The fraction of sp³-hybridized carbons (Fsp3) is 0.350. The van der Waals surface area contributed by atoms with Gasteiger partial charge < -0.3 is 5.32 Å². The first-order valence-electron chi connectivity index (χ1n) is 9.83. The number of carbonyl (C=O) groups excluding carboxylic acids is 1. The first-order chi connectivity index (χ1) is 15.5.